The summed E-state index contributed by atoms with van der Waals surface area (Å²) in [4.78, 5) is 22.3. The number of aromatic nitrogens is 4. The molecule has 3 aromatic heterocycles. The molecular formula is C26H26F4N4O5S. The van der Waals surface area contributed by atoms with Crippen LogP contribution in [0.4, 0.5) is 17.6 Å². The minimum absolute atomic E-state index is 0.0130. The summed E-state index contributed by atoms with van der Waals surface area (Å²) in [5.74, 6) is -1.06. The molecule has 0 saturated carbocycles. The van der Waals surface area contributed by atoms with Gasteiger partial charge in [0.05, 0.1) is 36.7 Å². The van der Waals surface area contributed by atoms with Crippen LogP contribution in [-0.2, 0) is 16.4 Å². The first-order valence-corrected chi connectivity index (χ1v) is 14.1. The Labute approximate surface area is 226 Å². The van der Waals surface area contributed by atoms with Gasteiger partial charge >= 0.3 is 11.9 Å². The molecule has 0 saturated heterocycles. The molecule has 4 aromatic rings. The molecule has 4 rings (SSSR count). The van der Waals surface area contributed by atoms with E-state index < -0.39 is 45.9 Å². The third-order valence-corrected chi connectivity index (χ3v) is 7.11. The lowest BCUT2D eigenvalue weighted by Crippen LogP contribution is -2.34. The Hall–Kier alpha value is -3.94. The maximum absolute atomic E-state index is 14.6. The molecule has 0 aliphatic rings. The van der Waals surface area contributed by atoms with E-state index in [1.54, 1.807) is 13.0 Å². The van der Waals surface area contributed by atoms with Crippen LogP contribution >= 0.6 is 0 Å². The summed E-state index contributed by atoms with van der Waals surface area (Å²) in [6, 6.07) is 7.14. The van der Waals surface area contributed by atoms with E-state index in [-0.39, 0.29) is 51.8 Å². The van der Waals surface area contributed by atoms with Crippen molar-refractivity contribution in [2.75, 3.05) is 25.7 Å². The lowest BCUT2D eigenvalue weighted by molar-refractivity contribution is -0.140. The van der Waals surface area contributed by atoms with Gasteiger partial charge < -0.3 is 9.47 Å². The Kier molecular flexibility index (Phi) is 7.92. The van der Waals surface area contributed by atoms with E-state index in [4.69, 9.17) is 9.47 Å². The van der Waals surface area contributed by atoms with E-state index in [2.05, 4.69) is 9.97 Å². The normalized spacial score (nSPS) is 13.0. The van der Waals surface area contributed by atoms with Gasteiger partial charge in [-0.25, -0.2) is 27.6 Å². The molecule has 0 N–H and O–H groups in total. The average molecular weight is 583 g/mol. The summed E-state index contributed by atoms with van der Waals surface area (Å²) in [7, 11) is -2.44. The van der Waals surface area contributed by atoms with Crippen molar-refractivity contribution in [1.29, 1.82) is 0 Å². The maximum atomic E-state index is 14.6. The molecule has 1 aromatic carbocycles. The summed E-state index contributed by atoms with van der Waals surface area (Å²) >= 11 is 0. The van der Waals surface area contributed by atoms with E-state index in [9.17, 15) is 30.8 Å². The first kappa shape index (κ1) is 29.1. The second kappa shape index (κ2) is 10.9. The van der Waals surface area contributed by atoms with Crippen LogP contribution in [0.1, 0.15) is 24.2 Å². The second-order valence-corrected chi connectivity index (χ2v) is 11.3. The predicted molar refractivity (Wildman–Crippen MR) is 140 cm³/mol. The van der Waals surface area contributed by atoms with E-state index in [0.717, 1.165) is 10.8 Å². The minimum Gasteiger partial charge on any atom is -0.491 e. The number of ether oxygens (including phenoxy) is 2. The van der Waals surface area contributed by atoms with E-state index in [1.807, 2.05) is 0 Å². The van der Waals surface area contributed by atoms with Crippen LogP contribution in [0.5, 0.6) is 11.6 Å². The van der Waals surface area contributed by atoms with Crippen molar-refractivity contribution in [1.82, 2.24) is 19.1 Å². The van der Waals surface area contributed by atoms with Crippen LogP contribution in [0, 0.1) is 12.7 Å². The van der Waals surface area contributed by atoms with Gasteiger partial charge in [-0.3, -0.25) is 9.13 Å². The number of nitrogens with zero attached hydrogens (tertiary/aromatic N) is 4. The number of imidazole rings is 1. The Balaban J connectivity index is 2.07. The SMILES string of the molecule is CCOc1nc([C@H](CS(C)(=O)=O)n2c(=O)n(CC(F)(F)F)c3c(C)c(-c4ccccc4F)cnc32)ccc1OC. The lowest BCUT2D eigenvalue weighted by Gasteiger charge is -2.19. The van der Waals surface area contributed by atoms with Gasteiger partial charge in [0.25, 0.3) is 5.88 Å². The Morgan fingerprint density at radius 2 is 1.80 bits per heavy atom. The summed E-state index contributed by atoms with van der Waals surface area (Å²) < 4.78 is 92.8. The minimum atomic E-state index is -4.81. The summed E-state index contributed by atoms with van der Waals surface area (Å²) in [6.45, 7) is 1.65. The predicted octanol–water partition coefficient (Wildman–Crippen LogP) is 4.31. The van der Waals surface area contributed by atoms with Gasteiger partial charge in [0.2, 0.25) is 0 Å². The van der Waals surface area contributed by atoms with E-state index >= 15 is 0 Å². The van der Waals surface area contributed by atoms with Crippen LogP contribution in [0.25, 0.3) is 22.3 Å². The van der Waals surface area contributed by atoms with Crippen molar-refractivity contribution in [3.05, 3.63) is 70.2 Å². The second-order valence-electron chi connectivity index (χ2n) is 9.09. The highest BCUT2D eigenvalue weighted by atomic mass is 32.2. The molecule has 0 bridgehead atoms. The number of methoxy groups -OCH3 is 1. The number of sulfone groups is 1. The van der Waals surface area contributed by atoms with Crippen molar-refractivity contribution in [3.8, 4) is 22.8 Å². The monoisotopic (exact) mass is 582 g/mol. The fraction of sp³-hybridized carbons (Fsp3) is 0.346. The van der Waals surface area contributed by atoms with Crippen molar-refractivity contribution in [2.24, 2.45) is 0 Å². The zero-order valence-electron chi connectivity index (χ0n) is 22.0. The molecule has 0 fully saturated rings. The fourth-order valence-corrected chi connectivity index (χ4v) is 5.45. The number of alkyl halides is 3. The van der Waals surface area contributed by atoms with Crippen molar-refractivity contribution >= 4 is 21.0 Å². The van der Waals surface area contributed by atoms with Crippen molar-refractivity contribution in [3.63, 3.8) is 0 Å². The highest BCUT2D eigenvalue weighted by molar-refractivity contribution is 7.90. The number of rotatable bonds is 9. The molecule has 0 radical (unpaired) electrons. The van der Waals surface area contributed by atoms with Crippen molar-refractivity contribution in [2.45, 2.75) is 32.6 Å². The number of aryl methyl sites for hydroxylation is 1. The van der Waals surface area contributed by atoms with E-state index in [1.165, 1.54) is 50.6 Å². The maximum Gasteiger partial charge on any atom is 0.406 e. The molecule has 0 spiro atoms. The molecule has 0 amide bonds. The number of hydrogen-bond donors (Lipinski definition) is 0. The highest BCUT2D eigenvalue weighted by Gasteiger charge is 2.35. The topological polar surface area (TPSA) is 105 Å². The molecule has 0 unspecified atom stereocenters. The van der Waals surface area contributed by atoms with Gasteiger partial charge in [0, 0.05) is 23.6 Å². The van der Waals surface area contributed by atoms with Gasteiger partial charge in [-0.05, 0) is 37.6 Å². The highest BCUT2D eigenvalue weighted by Crippen LogP contribution is 2.34. The van der Waals surface area contributed by atoms with Gasteiger partial charge in [-0.2, -0.15) is 13.2 Å². The van der Waals surface area contributed by atoms with E-state index in [0.29, 0.717) is 4.57 Å². The molecule has 3 heterocycles. The largest absolute Gasteiger partial charge is 0.491 e. The molecular weight excluding hydrogens is 556 g/mol. The summed E-state index contributed by atoms with van der Waals surface area (Å²) in [5.41, 5.74) is -1.13. The van der Waals surface area contributed by atoms with Gasteiger partial charge in [0.1, 0.15) is 22.2 Å². The molecule has 0 aliphatic carbocycles. The first-order valence-electron chi connectivity index (χ1n) is 12.0. The quantitative estimate of drug-likeness (QED) is 0.271. The van der Waals surface area contributed by atoms with Crippen LogP contribution in [0.2, 0.25) is 0 Å². The Morgan fingerprint density at radius 1 is 1.10 bits per heavy atom. The molecule has 0 aliphatic heterocycles. The smallest absolute Gasteiger partial charge is 0.406 e. The van der Waals surface area contributed by atoms with Gasteiger partial charge in [0.15, 0.2) is 11.4 Å². The third-order valence-electron chi connectivity index (χ3n) is 6.19. The number of benzene rings is 1. The molecule has 214 valence electrons. The Bertz CT molecular complexity index is 1730. The molecule has 40 heavy (non-hydrogen) atoms. The Morgan fingerprint density at radius 3 is 2.40 bits per heavy atom. The van der Waals surface area contributed by atoms with Crippen LogP contribution in [0.15, 0.2) is 47.4 Å². The standard InChI is InChI=1S/C26H26F4N4O5S/c1-5-39-24-21(38-3)11-10-19(32-24)20(13-40(4,36)37)34-23-22(33(25(34)35)14-26(28,29)30)15(2)17(12-31-23)16-8-6-7-9-18(16)27/h6-12,20H,5,13-14H2,1-4H3/t20-/m0/s1. The van der Waals surface area contributed by atoms with Crippen LogP contribution in [-0.4, -0.2) is 59.4 Å². The van der Waals surface area contributed by atoms with Crippen LogP contribution in [0.3, 0.4) is 0 Å². The third kappa shape index (κ3) is 5.81. The van der Waals surface area contributed by atoms with Gasteiger partial charge in [-0.15, -0.1) is 0 Å². The molecule has 9 nitrogen and oxygen atoms in total. The number of hydrogen-bond acceptors (Lipinski definition) is 7. The first-order chi connectivity index (χ1) is 18.8. The zero-order valence-corrected chi connectivity index (χ0v) is 22.8. The lowest BCUT2D eigenvalue weighted by atomic mass is 10.0. The van der Waals surface area contributed by atoms with Crippen molar-refractivity contribution < 1.29 is 35.5 Å². The van der Waals surface area contributed by atoms with Gasteiger partial charge in [-0.1, -0.05) is 18.2 Å². The number of halogens is 4. The average Bonchev–Trinajstić information content (AvgIpc) is 3.13. The van der Waals surface area contributed by atoms with Crippen LogP contribution < -0.4 is 15.2 Å². The molecule has 1 atom stereocenters. The summed E-state index contributed by atoms with van der Waals surface area (Å²) in [6.07, 6.45) is -2.63. The number of fused-ring (bicyclic) bond motifs is 1. The number of pyridine rings is 2. The fourth-order valence-electron chi connectivity index (χ4n) is 4.55. The summed E-state index contributed by atoms with van der Waals surface area (Å²) in [5, 5.41) is 0. The molecule has 14 heteroatoms. The zero-order chi connectivity index (χ0) is 29.4.